The van der Waals surface area contributed by atoms with Gasteiger partial charge in [0.1, 0.15) is 0 Å². The van der Waals surface area contributed by atoms with E-state index in [-0.39, 0.29) is 11.9 Å². The van der Waals surface area contributed by atoms with Crippen molar-refractivity contribution >= 4 is 18.1 Å². The van der Waals surface area contributed by atoms with E-state index in [0.29, 0.717) is 23.8 Å². The smallest absolute Gasteiger partial charge is 0.288 e. The SMILES string of the molecule is Cc1cc(C)cc(-c2nn(CN3CCC(NC(=O)CCc4ccccc4)CC3)c(=S)o2)c1. The number of carbonyl (C=O) groups excluding carboxylic acids is 1. The molecule has 4 rings (SSSR count). The van der Waals surface area contributed by atoms with Crippen LogP contribution in [0.3, 0.4) is 0 Å². The van der Waals surface area contributed by atoms with Crippen LogP contribution in [0.1, 0.15) is 36.0 Å². The van der Waals surface area contributed by atoms with Gasteiger partial charge < -0.3 is 9.73 Å². The standard InChI is InChI=1S/C25H30N4O2S/c1-18-14-19(2)16-21(15-18)24-27-29(25(32)31-24)17-28-12-10-22(11-13-28)26-23(30)9-8-20-6-4-3-5-7-20/h3-7,14-16,22H,8-13,17H2,1-2H3,(H,26,30). The second-order valence-corrected chi connectivity index (χ2v) is 8.99. The van der Waals surface area contributed by atoms with Gasteiger partial charge in [-0.25, -0.2) is 4.68 Å². The predicted octanol–water partition coefficient (Wildman–Crippen LogP) is 4.66. The first-order valence-electron chi connectivity index (χ1n) is 11.2. The average molecular weight is 451 g/mol. The average Bonchev–Trinajstić information content (AvgIpc) is 3.14. The topological polar surface area (TPSA) is 63.3 Å². The number of aromatic nitrogens is 2. The number of nitrogens with zero attached hydrogens (tertiary/aromatic N) is 3. The molecular formula is C25H30N4O2S. The van der Waals surface area contributed by atoms with Crippen LogP contribution in [0.4, 0.5) is 0 Å². The molecule has 1 N–H and O–H groups in total. The first-order chi connectivity index (χ1) is 15.5. The monoisotopic (exact) mass is 450 g/mol. The van der Waals surface area contributed by atoms with E-state index in [1.165, 1.54) is 16.7 Å². The molecule has 0 saturated carbocycles. The zero-order valence-corrected chi connectivity index (χ0v) is 19.5. The van der Waals surface area contributed by atoms with Gasteiger partial charge in [-0.1, -0.05) is 47.5 Å². The Morgan fingerprint density at radius 1 is 1.12 bits per heavy atom. The van der Waals surface area contributed by atoms with Crippen molar-refractivity contribution in [1.82, 2.24) is 20.0 Å². The molecule has 6 nitrogen and oxygen atoms in total. The largest absolute Gasteiger partial charge is 0.409 e. The van der Waals surface area contributed by atoms with E-state index in [4.69, 9.17) is 16.6 Å². The number of hydrogen-bond donors (Lipinski definition) is 1. The molecule has 0 aliphatic carbocycles. The van der Waals surface area contributed by atoms with Gasteiger partial charge in [0.25, 0.3) is 4.84 Å². The first-order valence-corrected chi connectivity index (χ1v) is 11.6. The zero-order valence-electron chi connectivity index (χ0n) is 18.7. The minimum Gasteiger partial charge on any atom is -0.409 e. The Labute approximate surface area is 194 Å². The molecule has 0 radical (unpaired) electrons. The van der Waals surface area contributed by atoms with Gasteiger partial charge in [0.05, 0.1) is 6.67 Å². The summed E-state index contributed by atoms with van der Waals surface area (Å²) in [5.74, 6) is 0.687. The van der Waals surface area contributed by atoms with Gasteiger partial charge in [-0.15, -0.1) is 5.10 Å². The van der Waals surface area contributed by atoms with Crippen molar-refractivity contribution in [3.05, 3.63) is 70.1 Å². The third kappa shape index (κ3) is 5.93. The van der Waals surface area contributed by atoms with E-state index in [1.807, 2.05) is 18.2 Å². The summed E-state index contributed by atoms with van der Waals surface area (Å²) in [6.45, 7) is 6.50. The van der Waals surface area contributed by atoms with Crippen LogP contribution in [0.5, 0.6) is 0 Å². The molecule has 32 heavy (non-hydrogen) atoms. The molecule has 0 unspecified atom stereocenters. The lowest BCUT2D eigenvalue weighted by molar-refractivity contribution is -0.122. The first kappa shape index (κ1) is 22.4. The van der Waals surface area contributed by atoms with Crippen LogP contribution < -0.4 is 5.32 Å². The molecule has 1 aliphatic heterocycles. The van der Waals surface area contributed by atoms with Crippen molar-refractivity contribution in [2.24, 2.45) is 0 Å². The van der Waals surface area contributed by atoms with Crippen LogP contribution in [-0.2, 0) is 17.9 Å². The van der Waals surface area contributed by atoms with Crippen molar-refractivity contribution in [1.29, 1.82) is 0 Å². The predicted molar refractivity (Wildman–Crippen MR) is 128 cm³/mol. The molecule has 1 aromatic heterocycles. The van der Waals surface area contributed by atoms with Crippen molar-refractivity contribution in [2.75, 3.05) is 13.1 Å². The number of aryl methyl sites for hydroxylation is 3. The van der Waals surface area contributed by atoms with Gasteiger partial charge in [0, 0.05) is 31.1 Å². The van der Waals surface area contributed by atoms with E-state index >= 15 is 0 Å². The summed E-state index contributed by atoms with van der Waals surface area (Å²) < 4.78 is 7.52. The van der Waals surface area contributed by atoms with Gasteiger partial charge in [-0.05, 0) is 63.0 Å². The van der Waals surface area contributed by atoms with Crippen LogP contribution in [0.25, 0.3) is 11.5 Å². The number of rotatable bonds is 7. The minimum atomic E-state index is 0.129. The summed E-state index contributed by atoms with van der Waals surface area (Å²) in [4.78, 5) is 15.0. The number of hydrogen-bond acceptors (Lipinski definition) is 5. The molecule has 7 heteroatoms. The van der Waals surface area contributed by atoms with Crippen LogP contribution in [0.15, 0.2) is 52.9 Å². The van der Waals surface area contributed by atoms with E-state index in [1.54, 1.807) is 4.68 Å². The number of amides is 1. The fourth-order valence-corrected chi connectivity index (χ4v) is 4.40. The molecule has 0 spiro atoms. The molecule has 1 amide bonds. The van der Waals surface area contributed by atoms with Crippen LogP contribution in [0.2, 0.25) is 0 Å². The second-order valence-electron chi connectivity index (χ2n) is 8.64. The number of benzene rings is 2. The summed E-state index contributed by atoms with van der Waals surface area (Å²) in [7, 11) is 0. The molecule has 1 aliphatic rings. The third-order valence-electron chi connectivity index (χ3n) is 5.85. The fourth-order valence-electron chi connectivity index (χ4n) is 4.22. The maximum absolute atomic E-state index is 12.3. The highest BCUT2D eigenvalue weighted by molar-refractivity contribution is 7.71. The summed E-state index contributed by atoms with van der Waals surface area (Å²) in [6, 6.07) is 16.6. The lowest BCUT2D eigenvalue weighted by Gasteiger charge is -2.31. The Morgan fingerprint density at radius 2 is 1.81 bits per heavy atom. The van der Waals surface area contributed by atoms with Crippen molar-refractivity contribution in [2.45, 2.75) is 52.2 Å². The summed E-state index contributed by atoms with van der Waals surface area (Å²) in [5.41, 5.74) is 4.48. The van der Waals surface area contributed by atoms with Crippen LogP contribution in [-0.4, -0.2) is 39.7 Å². The fraction of sp³-hybridized carbons (Fsp3) is 0.400. The number of piperidine rings is 1. The van der Waals surface area contributed by atoms with E-state index in [0.717, 1.165) is 37.9 Å². The molecular weight excluding hydrogens is 420 g/mol. The highest BCUT2D eigenvalue weighted by Gasteiger charge is 2.22. The van der Waals surface area contributed by atoms with E-state index in [9.17, 15) is 4.79 Å². The Kier molecular flexibility index (Phi) is 7.17. The summed E-state index contributed by atoms with van der Waals surface area (Å²) >= 11 is 5.41. The Hall–Kier alpha value is -2.77. The van der Waals surface area contributed by atoms with Gasteiger partial charge in [0.2, 0.25) is 11.8 Å². The number of nitrogens with one attached hydrogen (secondary N) is 1. The van der Waals surface area contributed by atoms with Crippen molar-refractivity contribution in [3.63, 3.8) is 0 Å². The maximum atomic E-state index is 12.3. The molecule has 0 bridgehead atoms. The normalized spacial score (nSPS) is 15.1. The highest BCUT2D eigenvalue weighted by Crippen LogP contribution is 2.21. The van der Waals surface area contributed by atoms with Gasteiger partial charge in [-0.2, -0.15) is 0 Å². The summed E-state index contributed by atoms with van der Waals surface area (Å²) in [6.07, 6.45) is 3.15. The molecule has 2 heterocycles. The molecule has 168 valence electrons. The summed E-state index contributed by atoms with van der Waals surface area (Å²) in [5, 5.41) is 7.81. The molecule has 0 atom stereocenters. The molecule has 1 saturated heterocycles. The maximum Gasteiger partial charge on any atom is 0.288 e. The van der Waals surface area contributed by atoms with Gasteiger partial charge in [-0.3, -0.25) is 9.69 Å². The van der Waals surface area contributed by atoms with Gasteiger partial charge in [0.15, 0.2) is 0 Å². The third-order valence-corrected chi connectivity index (χ3v) is 6.14. The molecule has 2 aromatic carbocycles. The molecule has 1 fully saturated rings. The second kappa shape index (κ2) is 10.2. The van der Waals surface area contributed by atoms with E-state index < -0.39 is 0 Å². The van der Waals surface area contributed by atoms with Crippen molar-refractivity contribution < 1.29 is 9.21 Å². The van der Waals surface area contributed by atoms with Crippen molar-refractivity contribution in [3.8, 4) is 11.5 Å². The Balaban J connectivity index is 1.26. The lowest BCUT2D eigenvalue weighted by Crippen LogP contribution is -2.45. The van der Waals surface area contributed by atoms with Crippen LogP contribution >= 0.6 is 12.2 Å². The van der Waals surface area contributed by atoms with Gasteiger partial charge >= 0.3 is 0 Å². The Bertz CT molecular complexity index is 1090. The van der Waals surface area contributed by atoms with E-state index in [2.05, 4.69) is 59.5 Å². The highest BCUT2D eigenvalue weighted by atomic mass is 32.1. The van der Waals surface area contributed by atoms with Crippen LogP contribution in [0, 0.1) is 18.7 Å². The Morgan fingerprint density at radius 3 is 2.50 bits per heavy atom. The minimum absolute atomic E-state index is 0.129. The zero-order chi connectivity index (χ0) is 22.5. The molecule has 3 aromatic rings. The number of likely N-dealkylation sites (tertiary alicyclic amines) is 1. The lowest BCUT2D eigenvalue weighted by atomic mass is 10.0. The number of carbonyl (C=O) groups is 1. The quantitative estimate of drug-likeness (QED) is 0.531.